The van der Waals surface area contributed by atoms with Crippen molar-refractivity contribution in [3.63, 3.8) is 0 Å². The van der Waals surface area contributed by atoms with Crippen LogP contribution in [0.15, 0.2) is 24.3 Å². The Kier molecular flexibility index (Phi) is 5.14. The molecule has 1 heterocycles. The van der Waals surface area contributed by atoms with Crippen molar-refractivity contribution < 1.29 is 4.79 Å². The first-order valence-electron chi connectivity index (χ1n) is 8.61. The molecule has 1 fully saturated rings. The molecule has 0 spiro atoms. The summed E-state index contributed by atoms with van der Waals surface area (Å²) in [5, 5.41) is 4.57. The third kappa shape index (κ3) is 3.35. The highest BCUT2D eigenvalue weighted by Crippen LogP contribution is 2.32. The number of carbonyl (C=O) groups is 1. The second kappa shape index (κ2) is 7.28. The number of aryl methyl sites for hydroxylation is 1. The maximum absolute atomic E-state index is 12.8. The highest BCUT2D eigenvalue weighted by Gasteiger charge is 2.21. The van der Waals surface area contributed by atoms with Gasteiger partial charge in [-0.25, -0.2) is 0 Å². The maximum Gasteiger partial charge on any atom is 0.261 e. The SMILES string of the molecule is CCCc1c(C(=O)NC2CCCCCC2)sc2ccccc12. The molecule has 2 aromatic rings. The van der Waals surface area contributed by atoms with E-state index in [9.17, 15) is 4.79 Å². The van der Waals surface area contributed by atoms with E-state index in [1.54, 1.807) is 11.3 Å². The van der Waals surface area contributed by atoms with E-state index in [0.29, 0.717) is 6.04 Å². The minimum atomic E-state index is 0.150. The molecule has 1 amide bonds. The molecule has 0 radical (unpaired) electrons. The fraction of sp³-hybridized carbons (Fsp3) is 0.526. The summed E-state index contributed by atoms with van der Waals surface area (Å²) in [6.45, 7) is 2.18. The van der Waals surface area contributed by atoms with Crippen molar-refractivity contribution in [1.29, 1.82) is 0 Å². The summed E-state index contributed by atoms with van der Waals surface area (Å²) in [5.74, 6) is 0.150. The number of carbonyl (C=O) groups excluding carboxylic acids is 1. The van der Waals surface area contributed by atoms with E-state index in [1.165, 1.54) is 41.3 Å². The van der Waals surface area contributed by atoms with Gasteiger partial charge in [0.15, 0.2) is 0 Å². The minimum Gasteiger partial charge on any atom is -0.349 e. The van der Waals surface area contributed by atoms with Crippen molar-refractivity contribution in [2.75, 3.05) is 0 Å². The molecule has 2 nitrogen and oxygen atoms in total. The number of hydrogen-bond donors (Lipinski definition) is 1. The predicted molar refractivity (Wildman–Crippen MR) is 94.8 cm³/mol. The first-order chi connectivity index (χ1) is 10.8. The van der Waals surface area contributed by atoms with Crippen LogP contribution in [0.25, 0.3) is 10.1 Å². The Morgan fingerprint density at radius 2 is 1.91 bits per heavy atom. The van der Waals surface area contributed by atoms with Gasteiger partial charge in [0.1, 0.15) is 0 Å². The van der Waals surface area contributed by atoms with Crippen molar-refractivity contribution in [1.82, 2.24) is 5.32 Å². The Labute approximate surface area is 136 Å². The van der Waals surface area contributed by atoms with Gasteiger partial charge >= 0.3 is 0 Å². The van der Waals surface area contributed by atoms with Crippen molar-refractivity contribution in [3.8, 4) is 0 Å². The second-order valence-corrected chi connectivity index (χ2v) is 7.37. The Hall–Kier alpha value is -1.35. The Morgan fingerprint density at radius 3 is 2.64 bits per heavy atom. The lowest BCUT2D eigenvalue weighted by Crippen LogP contribution is -2.34. The summed E-state index contributed by atoms with van der Waals surface area (Å²) in [4.78, 5) is 13.7. The molecule has 118 valence electrons. The van der Waals surface area contributed by atoms with Crippen LogP contribution in [-0.2, 0) is 6.42 Å². The predicted octanol–water partition coefficient (Wildman–Crippen LogP) is 5.31. The van der Waals surface area contributed by atoms with Crippen LogP contribution in [0.5, 0.6) is 0 Å². The van der Waals surface area contributed by atoms with Crippen molar-refractivity contribution in [2.45, 2.75) is 64.3 Å². The van der Waals surface area contributed by atoms with Gasteiger partial charge in [-0.15, -0.1) is 11.3 Å². The lowest BCUT2D eigenvalue weighted by atomic mass is 10.0. The summed E-state index contributed by atoms with van der Waals surface area (Å²) in [5.41, 5.74) is 1.24. The van der Waals surface area contributed by atoms with Crippen LogP contribution >= 0.6 is 11.3 Å². The first kappa shape index (κ1) is 15.5. The van der Waals surface area contributed by atoms with Gasteiger partial charge in [0.05, 0.1) is 4.88 Å². The van der Waals surface area contributed by atoms with Crippen molar-refractivity contribution in [2.24, 2.45) is 0 Å². The quantitative estimate of drug-likeness (QED) is 0.761. The third-order valence-electron chi connectivity index (χ3n) is 4.59. The molecule has 0 aliphatic heterocycles. The van der Waals surface area contributed by atoms with E-state index in [4.69, 9.17) is 0 Å². The molecule has 1 N–H and O–H groups in total. The lowest BCUT2D eigenvalue weighted by Gasteiger charge is -2.16. The second-order valence-electron chi connectivity index (χ2n) is 6.32. The Bertz CT molecular complexity index is 638. The average molecular weight is 315 g/mol. The van der Waals surface area contributed by atoms with E-state index in [0.717, 1.165) is 30.6 Å². The number of hydrogen-bond acceptors (Lipinski definition) is 2. The molecule has 1 saturated carbocycles. The summed E-state index contributed by atoms with van der Waals surface area (Å²) in [6, 6.07) is 8.78. The van der Waals surface area contributed by atoms with Crippen LogP contribution in [0.2, 0.25) is 0 Å². The molecule has 3 rings (SSSR count). The summed E-state index contributed by atoms with van der Waals surface area (Å²) in [6.07, 6.45) is 9.46. The molecular weight excluding hydrogens is 290 g/mol. The standard InChI is InChI=1S/C19H25NOS/c1-2-9-16-15-12-7-8-13-17(15)22-18(16)19(21)20-14-10-5-3-4-6-11-14/h7-8,12-14H,2-6,9-11H2,1H3,(H,20,21). The molecule has 22 heavy (non-hydrogen) atoms. The highest BCUT2D eigenvalue weighted by molar-refractivity contribution is 7.21. The molecule has 3 heteroatoms. The Morgan fingerprint density at radius 1 is 1.18 bits per heavy atom. The van der Waals surface area contributed by atoms with Gasteiger partial charge in [0.25, 0.3) is 5.91 Å². The zero-order chi connectivity index (χ0) is 15.4. The van der Waals surface area contributed by atoms with Crippen molar-refractivity contribution >= 4 is 27.3 Å². The van der Waals surface area contributed by atoms with Crippen LogP contribution in [0.1, 0.15) is 67.1 Å². The van der Waals surface area contributed by atoms with Crippen molar-refractivity contribution in [3.05, 3.63) is 34.7 Å². The van der Waals surface area contributed by atoms with Crippen LogP contribution < -0.4 is 5.32 Å². The van der Waals surface area contributed by atoms with Gasteiger partial charge in [-0.1, -0.05) is 57.2 Å². The van der Waals surface area contributed by atoms with Crippen LogP contribution in [0.3, 0.4) is 0 Å². The van der Waals surface area contributed by atoms with E-state index in [-0.39, 0.29) is 5.91 Å². The molecule has 1 aliphatic carbocycles. The number of thiophene rings is 1. The molecule has 0 saturated heterocycles. The van der Waals surface area contributed by atoms with E-state index in [1.807, 2.05) is 0 Å². The van der Waals surface area contributed by atoms with Gasteiger partial charge in [-0.2, -0.15) is 0 Å². The van der Waals surface area contributed by atoms with E-state index in [2.05, 4.69) is 36.5 Å². The van der Waals surface area contributed by atoms with Crippen LogP contribution in [0.4, 0.5) is 0 Å². The van der Waals surface area contributed by atoms with Gasteiger partial charge in [0.2, 0.25) is 0 Å². The smallest absolute Gasteiger partial charge is 0.261 e. The molecule has 0 bridgehead atoms. The zero-order valence-electron chi connectivity index (χ0n) is 13.4. The molecular formula is C19H25NOS. The first-order valence-corrected chi connectivity index (χ1v) is 9.42. The lowest BCUT2D eigenvalue weighted by molar-refractivity contribution is 0.0936. The third-order valence-corrected chi connectivity index (χ3v) is 5.81. The number of amides is 1. The topological polar surface area (TPSA) is 29.1 Å². The van der Waals surface area contributed by atoms with Crippen LogP contribution in [0, 0.1) is 0 Å². The fourth-order valence-corrected chi connectivity index (χ4v) is 4.61. The maximum atomic E-state index is 12.8. The summed E-state index contributed by atoms with van der Waals surface area (Å²) in [7, 11) is 0. The van der Waals surface area contributed by atoms with E-state index >= 15 is 0 Å². The monoisotopic (exact) mass is 315 g/mol. The number of rotatable bonds is 4. The molecule has 0 atom stereocenters. The number of nitrogens with one attached hydrogen (secondary N) is 1. The largest absolute Gasteiger partial charge is 0.349 e. The van der Waals surface area contributed by atoms with E-state index < -0.39 is 0 Å². The Balaban J connectivity index is 1.84. The minimum absolute atomic E-state index is 0.150. The van der Waals surface area contributed by atoms with Gasteiger partial charge < -0.3 is 5.32 Å². The number of benzene rings is 1. The van der Waals surface area contributed by atoms with Gasteiger partial charge in [-0.05, 0) is 36.3 Å². The van der Waals surface area contributed by atoms with Gasteiger partial charge in [-0.3, -0.25) is 4.79 Å². The summed E-state index contributed by atoms with van der Waals surface area (Å²) < 4.78 is 1.23. The molecule has 1 aromatic carbocycles. The molecule has 0 unspecified atom stereocenters. The number of fused-ring (bicyclic) bond motifs is 1. The molecule has 1 aliphatic rings. The summed E-state index contributed by atoms with van der Waals surface area (Å²) >= 11 is 1.65. The molecule has 1 aromatic heterocycles. The average Bonchev–Trinajstić information content (AvgIpc) is 2.70. The fourth-order valence-electron chi connectivity index (χ4n) is 3.46. The van der Waals surface area contributed by atoms with Gasteiger partial charge in [0, 0.05) is 10.7 Å². The highest BCUT2D eigenvalue weighted by atomic mass is 32.1. The zero-order valence-corrected chi connectivity index (χ0v) is 14.2. The van der Waals surface area contributed by atoms with Crippen LogP contribution in [-0.4, -0.2) is 11.9 Å². The normalized spacial score (nSPS) is 16.6.